The van der Waals surface area contributed by atoms with Gasteiger partial charge in [0.15, 0.2) is 5.65 Å². The molecule has 1 aliphatic heterocycles. The van der Waals surface area contributed by atoms with Gasteiger partial charge in [0.05, 0.1) is 18.1 Å². The van der Waals surface area contributed by atoms with Crippen LogP contribution >= 0.6 is 0 Å². The SMILES string of the molecule is Cn1ncc2c(N3CCN(C4CCCC4)C(=O)C3)nc(C3CCCC3)nc21. The number of rotatable bonds is 3. The minimum absolute atomic E-state index is 0.242. The molecular formula is C20H28N6O. The molecule has 27 heavy (non-hydrogen) atoms. The first-order chi connectivity index (χ1) is 13.2. The maximum Gasteiger partial charge on any atom is 0.242 e. The zero-order chi connectivity index (χ0) is 18.4. The largest absolute Gasteiger partial charge is 0.345 e. The van der Waals surface area contributed by atoms with Crippen LogP contribution in [-0.2, 0) is 11.8 Å². The molecule has 7 nitrogen and oxygen atoms in total. The fourth-order valence-electron chi connectivity index (χ4n) is 5.10. The Balaban J connectivity index is 1.46. The van der Waals surface area contributed by atoms with Crippen LogP contribution in [0.3, 0.4) is 0 Å². The predicted octanol–water partition coefficient (Wildman–Crippen LogP) is 2.61. The van der Waals surface area contributed by atoms with Crippen molar-refractivity contribution < 1.29 is 4.79 Å². The minimum atomic E-state index is 0.242. The number of nitrogens with zero attached hydrogens (tertiary/aromatic N) is 6. The van der Waals surface area contributed by atoms with Gasteiger partial charge in [-0.3, -0.25) is 9.48 Å². The van der Waals surface area contributed by atoms with Crippen molar-refractivity contribution in [2.24, 2.45) is 7.05 Å². The summed E-state index contributed by atoms with van der Waals surface area (Å²) in [5.41, 5.74) is 0.882. The first kappa shape index (κ1) is 17.0. The van der Waals surface area contributed by atoms with E-state index in [9.17, 15) is 4.79 Å². The molecule has 2 aromatic rings. The normalized spacial score (nSPS) is 22.5. The lowest BCUT2D eigenvalue weighted by atomic mass is 10.1. The molecule has 0 N–H and O–H groups in total. The van der Waals surface area contributed by atoms with Crippen LogP contribution in [0.15, 0.2) is 6.20 Å². The third-order valence-corrected chi connectivity index (χ3v) is 6.63. The second-order valence-corrected chi connectivity index (χ2v) is 8.34. The zero-order valence-corrected chi connectivity index (χ0v) is 16.1. The maximum atomic E-state index is 12.9. The molecule has 5 rings (SSSR count). The monoisotopic (exact) mass is 368 g/mol. The lowest BCUT2D eigenvalue weighted by molar-refractivity contribution is -0.133. The third kappa shape index (κ3) is 2.97. The second kappa shape index (κ2) is 6.77. The van der Waals surface area contributed by atoms with Gasteiger partial charge in [-0.05, 0) is 25.7 Å². The van der Waals surface area contributed by atoms with Crippen molar-refractivity contribution in [3.63, 3.8) is 0 Å². The standard InChI is InChI=1S/C20H28N6O/c1-24-19-16(12-21-24)20(23-18(22-19)14-6-2-3-7-14)25-10-11-26(17(27)13-25)15-8-4-5-9-15/h12,14-15H,2-11,13H2,1H3. The zero-order valence-electron chi connectivity index (χ0n) is 16.1. The Hall–Kier alpha value is -2.18. The molecule has 1 saturated heterocycles. The summed E-state index contributed by atoms with van der Waals surface area (Å²) in [5, 5.41) is 5.37. The van der Waals surface area contributed by atoms with Gasteiger partial charge in [-0.2, -0.15) is 5.10 Å². The van der Waals surface area contributed by atoms with Crippen LogP contribution in [0.4, 0.5) is 5.82 Å². The first-order valence-electron chi connectivity index (χ1n) is 10.4. The van der Waals surface area contributed by atoms with E-state index in [4.69, 9.17) is 9.97 Å². The smallest absolute Gasteiger partial charge is 0.242 e. The van der Waals surface area contributed by atoms with Crippen LogP contribution < -0.4 is 4.90 Å². The van der Waals surface area contributed by atoms with E-state index in [1.807, 2.05) is 17.9 Å². The number of fused-ring (bicyclic) bond motifs is 1. The topological polar surface area (TPSA) is 67.2 Å². The summed E-state index contributed by atoms with van der Waals surface area (Å²) >= 11 is 0. The number of anilines is 1. The van der Waals surface area contributed by atoms with E-state index < -0.39 is 0 Å². The predicted molar refractivity (Wildman–Crippen MR) is 104 cm³/mol. The average molecular weight is 368 g/mol. The molecule has 0 spiro atoms. The van der Waals surface area contributed by atoms with E-state index in [1.165, 1.54) is 25.7 Å². The number of aromatic nitrogens is 4. The Bertz CT molecular complexity index is 850. The van der Waals surface area contributed by atoms with E-state index >= 15 is 0 Å². The van der Waals surface area contributed by atoms with Crippen LogP contribution in [0.5, 0.6) is 0 Å². The number of piperazine rings is 1. The average Bonchev–Trinajstić information content (AvgIpc) is 3.43. The Kier molecular flexibility index (Phi) is 4.25. The van der Waals surface area contributed by atoms with Crippen molar-refractivity contribution >= 4 is 22.8 Å². The Morgan fingerprint density at radius 3 is 2.48 bits per heavy atom. The highest BCUT2D eigenvalue weighted by molar-refractivity contribution is 5.90. The Morgan fingerprint density at radius 1 is 1.00 bits per heavy atom. The van der Waals surface area contributed by atoms with E-state index in [-0.39, 0.29) is 5.91 Å². The number of hydrogen-bond acceptors (Lipinski definition) is 5. The van der Waals surface area contributed by atoms with Crippen molar-refractivity contribution in [1.29, 1.82) is 0 Å². The van der Waals surface area contributed by atoms with Gasteiger partial charge in [0.2, 0.25) is 5.91 Å². The molecule has 0 unspecified atom stereocenters. The van der Waals surface area contributed by atoms with Gasteiger partial charge in [0.25, 0.3) is 0 Å². The molecule has 3 fully saturated rings. The number of hydrogen-bond donors (Lipinski definition) is 0. The molecule has 7 heteroatoms. The van der Waals surface area contributed by atoms with Crippen molar-refractivity contribution in [3.8, 4) is 0 Å². The van der Waals surface area contributed by atoms with Crippen molar-refractivity contribution in [1.82, 2.24) is 24.6 Å². The van der Waals surface area contributed by atoms with E-state index in [2.05, 4.69) is 14.9 Å². The summed E-state index contributed by atoms with van der Waals surface area (Å²) in [4.78, 5) is 26.9. The molecule has 2 saturated carbocycles. The quantitative estimate of drug-likeness (QED) is 0.833. The summed E-state index contributed by atoms with van der Waals surface area (Å²) in [6.45, 7) is 2.06. The molecule has 0 radical (unpaired) electrons. The van der Waals surface area contributed by atoms with E-state index in [1.54, 1.807) is 0 Å². The second-order valence-electron chi connectivity index (χ2n) is 8.34. The van der Waals surface area contributed by atoms with Crippen LogP contribution in [-0.4, -0.2) is 56.2 Å². The fourth-order valence-corrected chi connectivity index (χ4v) is 5.10. The maximum absolute atomic E-state index is 12.9. The molecule has 144 valence electrons. The van der Waals surface area contributed by atoms with E-state index in [0.717, 1.165) is 61.4 Å². The minimum Gasteiger partial charge on any atom is -0.345 e. The summed E-state index contributed by atoms with van der Waals surface area (Å²) in [6.07, 6.45) is 11.5. The molecule has 3 aliphatic rings. The lowest BCUT2D eigenvalue weighted by Gasteiger charge is -2.38. The van der Waals surface area contributed by atoms with Crippen LogP contribution in [0, 0.1) is 0 Å². The first-order valence-corrected chi connectivity index (χ1v) is 10.4. The summed E-state index contributed by atoms with van der Waals surface area (Å²) in [5.74, 6) is 2.52. The number of aryl methyl sites for hydroxylation is 1. The van der Waals surface area contributed by atoms with Crippen LogP contribution in [0.1, 0.15) is 63.1 Å². The molecule has 2 aliphatic carbocycles. The van der Waals surface area contributed by atoms with Gasteiger partial charge in [-0.25, -0.2) is 9.97 Å². The van der Waals surface area contributed by atoms with Crippen LogP contribution in [0.25, 0.3) is 11.0 Å². The van der Waals surface area contributed by atoms with Gasteiger partial charge in [0.1, 0.15) is 11.6 Å². The van der Waals surface area contributed by atoms with Gasteiger partial charge in [-0.1, -0.05) is 25.7 Å². The molecule has 2 aromatic heterocycles. The van der Waals surface area contributed by atoms with Gasteiger partial charge < -0.3 is 9.80 Å². The molecule has 0 bridgehead atoms. The van der Waals surface area contributed by atoms with Crippen LogP contribution in [0.2, 0.25) is 0 Å². The number of carbonyl (C=O) groups excluding carboxylic acids is 1. The summed E-state index contributed by atoms with van der Waals surface area (Å²) in [6, 6.07) is 0.456. The van der Waals surface area contributed by atoms with Gasteiger partial charge >= 0.3 is 0 Å². The van der Waals surface area contributed by atoms with Gasteiger partial charge in [-0.15, -0.1) is 0 Å². The number of carbonyl (C=O) groups is 1. The molecule has 0 aromatic carbocycles. The van der Waals surface area contributed by atoms with Crippen molar-refractivity contribution in [2.75, 3.05) is 24.5 Å². The highest BCUT2D eigenvalue weighted by atomic mass is 16.2. The molecular weight excluding hydrogens is 340 g/mol. The Labute approximate surface area is 159 Å². The van der Waals surface area contributed by atoms with Gasteiger partial charge in [0, 0.05) is 32.1 Å². The third-order valence-electron chi connectivity index (χ3n) is 6.63. The van der Waals surface area contributed by atoms with Crippen molar-refractivity contribution in [2.45, 2.75) is 63.3 Å². The Morgan fingerprint density at radius 2 is 1.74 bits per heavy atom. The number of amides is 1. The molecule has 3 heterocycles. The molecule has 1 amide bonds. The van der Waals surface area contributed by atoms with E-state index in [0.29, 0.717) is 18.5 Å². The molecule has 0 atom stereocenters. The van der Waals surface area contributed by atoms with Crippen molar-refractivity contribution in [3.05, 3.63) is 12.0 Å². The lowest BCUT2D eigenvalue weighted by Crippen LogP contribution is -2.53. The highest BCUT2D eigenvalue weighted by Gasteiger charge is 2.33. The summed E-state index contributed by atoms with van der Waals surface area (Å²) < 4.78 is 1.83. The fraction of sp³-hybridized carbons (Fsp3) is 0.700. The summed E-state index contributed by atoms with van der Waals surface area (Å²) in [7, 11) is 1.93. The highest BCUT2D eigenvalue weighted by Crippen LogP contribution is 2.35.